The van der Waals surface area contributed by atoms with Crippen molar-refractivity contribution < 1.29 is 23.6 Å². The fraction of sp³-hybridized carbons (Fsp3) is 0.174. The van der Waals surface area contributed by atoms with E-state index in [9.17, 15) is 9.59 Å². The third-order valence-electron chi connectivity index (χ3n) is 4.78. The average molecular weight is 454 g/mol. The molecule has 2 aromatic carbocycles. The van der Waals surface area contributed by atoms with E-state index in [1.54, 1.807) is 23.1 Å². The molecule has 0 saturated carbocycles. The number of thioether (sulfide) groups is 1. The fourth-order valence-corrected chi connectivity index (χ4v) is 5.43. The first-order valence-corrected chi connectivity index (χ1v) is 11.2. The number of rotatable bonds is 6. The molecule has 0 bridgehead atoms. The van der Waals surface area contributed by atoms with Crippen molar-refractivity contribution in [2.24, 2.45) is 0 Å². The molecule has 0 fully saturated rings. The molecule has 0 unspecified atom stereocenters. The van der Waals surface area contributed by atoms with E-state index < -0.39 is 0 Å². The van der Waals surface area contributed by atoms with Crippen LogP contribution in [0.25, 0.3) is 16.3 Å². The molecule has 2 heterocycles. The number of carbonyl (C=O) groups excluding carboxylic acids is 2. The van der Waals surface area contributed by atoms with Gasteiger partial charge in [0.2, 0.25) is 12.1 Å². The van der Waals surface area contributed by atoms with Crippen LogP contribution in [0.1, 0.15) is 5.01 Å². The number of ether oxygens (including phenoxy) is 2. The summed E-state index contributed by atoms with van der Waals surface area (Å²) in [6, 6.07) is 15.9. The smallest absolute Gasteiger partial charge is 0.372 e. The molecule has 8 heteroatoms. The van der Waals surface area contributed by atoms with E-state index in [-0.39, 0.29) is 25.0 Å². The molecule has 0 amide bonds. The largest absolute Gasteiger partial charge is 0.468 e. The number of nitrogens with zero attached hydrogens (tertiary/aromatic N) is 2. The Kier molecular flexibility index (Phi) is 6.39. The van der Waals surface area contributed by atoms with Gasteiger partial charge in [0.15, 0.2) is 0 Å². The number of para-hydroxylation sites is 2. The molecule has 3 aromatic rings. The van der Waals surface area contributed by atoms with E-state index >= 15 is 0 Å². The van der Waals surface area contributed by atoms with Crippen LogP contribution in [0.3, 0.4) is 0 Å². The van der Waals surface area contributed by atoms with E-state index in [0.717, 1.165) is 30.8 Å². The van der Waals surface area contributed by atoms with Crippen molar-refractivity contribution in [3.05, 3.63) is 70.7 Å². The van der Waals surface area contributed by atoms with Gasteiger partial charge in [0.05, 0.1) is 24.9 Å². The average Bonchev–Trinajstić information content (AvgIpc) is 3.31. The Morgan fingerprint density at radius 3 is 2.58 bits per heavy atom. The SMILES string of the molecule is COC(=O)CN1/C(=C\C=C\c2sc3ccccc3[n+]2CC(=O)OC)Sc2ccccc21. The Balaban J connectivity index is 1.65. The van der Waals surface area contributed by atoms with Gasteiger partial charge in [-0.15, -0.1) is 0 Å². The highest BCUT2D eigenvalue weighted by molar-refractivity contribution is 8.03. The molecule has 0 atom stereocenters. The van der Waals surface area contributed by atoms with Crippen LogP contribution in [0.15, 0.2) is 70.6 Å². The van der Waals surface area contributed by atoms with E-state index in [0.29, 0.717) is 0 Å². The summed E-state index contributed by atoms with van der Waals surface area (Å²) < 4.78 is 12.8. The minimum atomic E-state index is -0.299. The van der Waals surface area contributed by atoms with Gasteiger partial charge in [-0.05, 0) is 24.3 Å². The number of carbonyl (C=O) groups is 2. The molecular weight excluding hydrogens is 432 g/mol. The molecule has 1 aromatic heterocycles. The van der Waals surface area contributed by atoms with Crippen molar-refractivity contribution >= 4 is 57.0 Å². The third kappa shape index (κ3) is 4.50. The minimum Gasteiger partial charge on any atom is -0.468 e. The number of methoxy groups -OCH3 is 2. The lowest BCUT2D eigenvalue weighted by atomic mass is 10.3. The standard InChI is InChI=1S/C23H21N2O4S2/c1-28-22(26)14-24-16-8-3-5-10-18(16)30-20(24)12-7-13-21-25(15-23(27)29-2)17-9-4-6-11-19(17)31-21/h3-13H,14-15H2,1-2H3/q+1. The molecule has 31 heavy (non-hydrogen) atoms. The van der Waals surface area contributed by atoms with Gasteiger partial charge in [-0.25, -0.2) is 4.79 Å². The van der Waals surface area contributed by atoms with Gasteiger partial charge in [-0.2, -0.15) is 4.57 Å². The van der Waals surface area contributed by atoms with Crippen LogP contribution in [-0.4, -0.2) is 32.7 Å². The first kappa shape index (κ1) is 21.1. The van der Waals surface area contributed by atoms with Crippen molar-refractivity contribution in [2.45, 2.75) is 11.4 Å². The van der Waals surface area contributed by atoms with E-state index in [2.05, 4.69) is 0 Å². The topological polar surface area (TPSA) is 59.7 Å². The van der Waals surface area contributed by atoms with Gasteiger partial charge in [-0.3, -0.25) is 4.79 Å². The van der Waals surface area contributed by atoms with Crippen LogP contribution in [0, 0.1) is 0 Å². The molecule has 0 aliphatic carbocycles. The quantitative estimate of drug-likeness (QED) is 0.415. The second-order valence-electron chi connectivity index (χ2n) is 6.67. The lowest BCUT2D eigenvalue weighted by molar-refractivity contribution is -0.657. The maximum Gasteiger partial charge on any atom is 0.372 e. The first-order chi connectivity index (χ1) is 15.1. The minimum absolute atomic E-state index is 0.144. The highest BCUT2D eigenvalue weighted by Crippen LogP contribution is 2.45. The number of benzene rings is 2. The van der Waals surface area contributed by atoms with Crippen molar-refractivity contribution in [1.29, 1.82) is 0 Å². The lowest BCUT2D eigenvalue weighted by Gasteiger charge is -2.18. The number of anilines is 1. The summed E-state index contributed by atoms with van der Waals surface area (Å²) in [5.41, 5.74) is 1.97. The molecule has 0 spiro atoms. The summed E-state index contributed by atoms with van der Waals surface area (Å²) in [5, 5.41) is 1.87. The molecule has 1 aliphatic rings. The summed E-state index contributed by atoms with van der Waals surface area (Å²) in [4.78, 5) is 26.9. The van der Waals surface area contributed by atoms with Gasteiger partial charge in [-0.1, -0.05) is 53.4 Å². The second-order valence-corrected chi connectivity index (χ2v) is 8.79. The summed E-state index contributed by atoms with van der Waals surface area (Å²) >= 11 is 3.21. The highest BCUT2D eigenvalue weighted by atomic mass is 32.2. The zero-order chi connectivity index (χ0) is 21.8. The Hall–Kier alpha value is -3.10. The maximum atomic E-state index is 11.9. The molecule has 4 rings (SSSR count). The van der Waals surface area contributed by atoms with Crippen molar-refractivity contribution in [2.75, 3.05) is 25.7 Å². The van der Waals surface area contributed by atoms with Crippen LogP contribution in [-0.2, 0) is 25.6 Å². The Morgan fingerprint density at radius 1 is 1.03 bits per heavy atom. The first-order valence-electron chi connectivity index (χ1n) is 9.58. The number of thiazole rings is 1. The summed E-state index contributed by atoms with van der Waals surface area (Å²) in [7, 11) is 2.78. The van der Waals surface area contributed by atoms with Gasteiger partial charge in [0.1, 0.15) is 11.2 Å². The number of hydrogen-bond donors (Lipinski definition) is 0. The number of fused-ring (bicyclic) bond motifs is 2. The lowest BCUT2D eigenvalue weighted by Crippen LogP contribution is -2.39. The predicted octanol–water partition coefficient (Wildman–Crippen LogP) is 4.00. The van der Waals surface area contributed by atoms with Crippen LogP contribution < -0.4 is 9.47 Å². The van der Waals surface area contributed by atoms with E-state index in [4.69, 9.17) is 9.47 Å². The van der Waals surface area contributed by atoms with Crippen LogP contribution >= 0.6 is 23.1 Å². The maximum absolute atomic E-state index is 11.9. The van der Waals surface area contributed by atoms with Crippen LogP contribution in [0.5, 0.6) is 0 Å². The molecule has 1 aliphatic heterocycles. The summed E-state index contributed by atoms with van der Waals surface area (Å²) in [6.45, 7) is 0.289. The normalized spacial score (nSPS) is 14.4. The van der Waals surface area contributed by atoms with Gasteiger partial charge in [0.25, 0.3) is 5.01 Å². The summed E-state index contributed by atoms with van der Waals surface area (Å²) in [5.74, 6) is -0.597. The van der Waals surface area contributed by atoms with Crippen molar-refractivity contribution in [3.8, 4) is 0 Å². The Bertz CT molecular complexity index is 1200. The highest BCUT2D eigenvalue weighted by Gasteiger charge is 2.26. The summed E-state index contributed by atoms with van der Waals surface area (Å²) in [6.07, 6.45) is 5.89. The Morgan fingerprint density at radius 2 is 1.77 bits per heavy atom. The number of aromatic nitrogens is 1. The van der Waals surface area contributed by atoms with Crippen LogP contribution in [0.4, 0.5) is 5.69 Å². The third-order valence-corrected chi connectivity index (χ3v) is 7.04. The van der Waals surface area contributed by atoms with Gasteiger partial charge < -0.3 is 14.4 Å². The number of hydrogen-bond acceptors (Lipinski definition) is 7. The second kappa shape index (κ2) is 9.36. The number of esters is 2. The molecule has 6 nitrogen and oxygen atoms in total. The van der Waals surface area contributed by atoms with Gasteiger partial charge >= 0.3 is 11.9 Å². The molecule has 158 valence electrons. The monoisotopic (exact) mass is 453 g/mol. The van der Waals surface area contributed by atoms with Crippen molar-refractivity contribution in [3.63, 3.8) is 0 Å². The molecule has 0 N–H and O–H groups in total. The zero-order valence-electron chi connectivity index (χ0n) is 17.1. The zero-order valence-corrected chi connectivity index (χ0v) is 18.7. The molecular formula is C23H21N2O4S2+. The molecule has 0 saturated heterocycles. The van der Waals surface area contributed by atoms with Crippen molar-refractivity contribution in [1.82, 2.24) is 0 Å². The Labute approximate surface area is 188 Å². The van der Waals surface area contributed by atoms with E-state index in [1.165, 1.54) is 14.2 Å². The molecule has 0 radical (unpaired) electrons. The predicted molar refractivity (Wildman–Crippen MR) is 123 cm³/mol. The van der Waals surface area contributed by atoms with Crippen LogP contribution in [0.2, 0.25) is 0 Å². The van der Waals surface area contributed by atoms with E-state index in [1.807, 2.05) is 76.2 Å². The van der Waals surface area contributed by atoms with Gasteiger partial charge in [0, 0.05) is 17.0 Å². The number of allylic oxidation sites excluding steroid dienone is 2. The fourth-order valence-electron chi connectivity index (χ4n) is 3.28.